The van der Waals surface area contributed by atoms with Crippen molar-refractivity contribution in [2.24, 2.45) is 0 Å². The summed E-state index contributed by atoms with van der Waals surface area (Å²) in [6.45, 7) is 7.34. The summed E-state index contributed by atoms with van der Waals surface area (Å²) in [5.41, 5.74) is 2.63. The third kappa shape index (κ3) is 11.3. The molecular weight excluding hydrogens is 456 g/mol. The predicted molar refractivity (Wildman–Crippen MR) is 147 cm³/mol. The second-order valence-corrected chi connectivity index (χ2v) is 10.3. The van der Waals surface area contributed by atoms with E-state index in [1.54, 1.807) is 0 Å². The first-order valence-corrected chi connectivity index (χ1v) is 14.2. The van der Waals surface area contributed by atoms with E-state index in [-0.39, 0.29) is 11.9 Å². The Kier molecular flexibility index (Phi) is 13.6. The lowest BCUT2D eigenvalue weighted by Gasteiger charge is -2.21. The predicted octanol–water partition coefficient (Wildman–Crippen LogP) is 8.30. The van der Waals surface area contributed by atoms with Gasteiger partial charge in [-0.05, 0) is 60.1 Å². The molecule has 2 atom stereocenters. The normalized spacial score (nSPS) is 12.7. The lowest BCUT2D eigenvalue weighted by Crippen LogP contribution is -2.08. The number of esters is 2. The van der Waals surface area contributed by atoms with Crippen LogP contribution >= 0.6 is 11.8 Å². The smallest absolute Gasteiger partial charge is 0.308 e. The van der Waals surface area contributed by atoms with Gasteiger partial charge in [-0.1, -0.05) is 76.6 Å². The van der Waals surface area contributed by atoms with Crippen molar-refractivity contribution in [2.45, 2.75) is 90.9 Å². The van der Waals surface area contributed by atoms with Gasteiger partial charge < -0.3 is 9.47 Å². The summed E-state index contributed by atoms with van der Waals surface area (Å²) >= 11 is 2.03. The van der Waals surface area contributed by atoms with Crippen LogP contribution in [0.1, 0.15) is 102 Å². The quantitative estimate of drug-likeness (QED) is 0.132. The first-order valence-electron chi connectivity index (χ1n) is 13.1. The molecule has 0 saturated heterocycles. The lowest BCUT2D eigenvalue weighted by molar-refractivity contribution is -0.132. The van der Waals surface area contributed by atoms with Gasteiger partial charge in [0.05, 0.1) is 0 Å². The van der Waals surface area contributed by atoms with Gasteiger partial charge in [0.25, 0.3) is 0 Å². The molecule has 0 radical (unpaired) electrons. The minimum Gasteiger partial charge on any atom is -0.427 e. The molecule has 0 spiro atoms. The van der Waals surface area contributed by atoms with Gasteiger partial charge >= 0.3 is 11.9 Å². The van der Waals surface area contributed by atoms with Gasteiger partial charge in [0, 0.05) is 25.4 Å². The minimum absolute atomic E-state index is 0.289. The van der Waals surface area contributed by atoms with Crippen molar-refractivity contribution in [1.82, 2.24) is 0 Å². The molecule has 0 fully saturated rings. The first-order chi connectivity index (χ1) is 16.9. The van der Waals surface area contributed by atoms with E-state index >= 15 is 0 Å². The summed E-state index contributed by atoms with van der Waals surface area (Å²) in [6.07, 6.45) is 9.73. The first kappa shape index (κ1) is 29.0. The van der Waals surface area contributed by atoms with E-state index in [0.717, 1.165) is 11.5 Å². The van der Waals surface area contributed by atoms with E-state index < -0.39 is 0 Å². The van der Waals surface area contributed by atoms with Gasteiger partial charge in [-0.25, -0.2) is 0 Å². The van der Waals surface area contributed by atoms with Crippen molar-refractivity contribution in [2.75, 3.05) is 11.5 Å². The third-order valence-corrected chi connectivity index (χ3v) is 7.45. The van der Waals surface area contributed by atoms with Crippen LogP contribution in [0.3, 0.4) is 0 Å². The Balaban J connectivity index is 2.04. The monoisotopic (exact) mass is 498 g/mol. The number of thioether (sulfide) groups is 1. The second-order valence-electron chi connectivity index (χ2n) is 9.25. The minimum atomic E-state index is -0.289. The molecule has 5 heteroatoms. The second kappa shape index (κ2) is 16.4. The molecule has 192 valence electrons. The maximum Gasteiger partial charge on any atom is 0.308 e. The van der Waals surface area contributed by atoms with Gasteiger partial charge in [-0.3, -0.25) is 9.59 Å². The largest absolute Gasteiger partial charge is 0.427 e. The van der Waals surface area contributed by atoms with Crippen molar-refractivity contribution < 1.29 is 19.1 Å². The highest BCUT2D eigenvalue weighted by atomic mass is 32.2. The van der Waals surface area contributed by atoms with Crippen molar-refractivity contribution in [3.63, 3.8) is 0 Å². The SMILES string of the molecule is CCCCCC(CSCC(CCCCC)c1ccc(OC(C)=O)cc1)c1ccc(OC(C)=O)cc1. The van der Waals surface area contributed by atoms with Crippen LogP contribution in [0.5, 0.6) is 11.5 Å². The summed E-state index contributed by atoms with van der Waals surface area (Å²) < 4.78 is 10.4. The molecule has 0 aliphatic carbocycles. The van der Waals surface area contributed by atoms with E-state index in [1.165, 1.54) is 76.3 Å². The van der Waals surface area contributed by atoms with Crippen LogP contribution < -0.4 is 9.47 Å². The van der Waals surface area contributed by atoms with Crippen LogP contribution in [0.4, 0.5) is 0 Å². The highest BCUT2D eigenvalue weighted by Gasteiger charge is 2.16. The van der Waals surface area contributed by atoms with E-state index in [4.69, 9.17) is 9.47 Å². The van der Waals surface area contributed by atoms with Crippen LogP contribution in [0.15, 0.2) is 48.5 Å². The summed E-state index contributed by atoms with van der Waals surface area (Å²) in [4.78, 5) is 22.5. The van der Waals surface area contributed by atoms with Crippen LogP contribution in [0.25, 0.3) is 0 Å². The van der Waals surface area contributed by atoms with Crippen LogP contribution in [0.2, 0.25) is 0 Å². The molecule has 0 N–H and O–H groups in total. The third-order valence-electron chi connectivity index (χ3n) is 6.18. The lowest BCUT2D eigenvalue weighted by atomic mass is 9.94. The fourth-order valence-corrected chi connectivity index (χ4v) is 5.70. The zero-order chi connectivity index (χ0) is 25.5. The summed E-state index contributed by atoms with van der Waals surface area (Å²) in [5, 5.41) is 0. The number of hydrogen-bond donors (Lipinski definition) is 0. The van der Waals surface area contributed by atoms with E-state index in [0.29, 0.717) is 23.3 Å². The molecule has 0 aliphatic rings. The Bertz CT molecular complexity index is 803. The summed E-state index contributed by atoms with van der Waals surface area (Å²) in [5.74, 6) is 3.76. The molecule has 2 aromatic carbocycles. The summed E-state index contributed by atoms with van der Waals surface area (Å²) in [6, 6.07) is 16.1. The van der Waals surface area contributed by atoms with E-state index in [9.17, 15) is 9.59 Å². The Morgan fingerprint density at radius 1 is 0.657 bits per heavy atom. The molecule has 0 amide bonds. The van der Waals surface area contributed by atoms with Crippen LogP contribution in [-0.4, -0.2) is 23.4 Å². The molecule has 35 heavy (non-hydrogen) atoms. The van der Waals surface area contributed by atoms with Gasteiger partial charge in [0.15, 0.2) is 0 Å². The van der Waals surface area contributed by atoms with Crippen LogP contribution in [-0.2, 0) is 9.59 Å². The fourth-order valence-electron chi connectivity index (χ4n) is 4.27. The molecule has 0 bridgehead atoms. The zero-order valence-corrected chi connectivity index (χ0v) is 22.7. The summed E-state index contributed by atoms with van der Waals surface area (Å²) in [7, 11) is 0. The van der Waals surface area contributed by atoms with Gasteiger partial charge in [-0.15, -0.1) is 0 Å². The molecule has 0 aromatic heterocycles. The number of rotatable bonds is 16. The molecule has 0 aliphatic heterocycles. The van der Waals surface area contributed by atoms with Crippen molar-refractivity contribution in [3.8, 4) is 11.5 Å². The fraction of sp³-hybridized carbons (Fsp3) is 0.533. The number of unbranched alkanes of at least 4 members (excludes halogenated alkanes) is 4. The molecule has 4 nitrogen and oxygen atoms in total. The molecule has 0 heterocycles. The van der Waals surface area contributed by atoms with Gasteiger partial charge in [-0.2, -0.15) is 11.8 Å². The molecule has 2 rings (SSSR count). The average molecular weight is 499 g/mol. The Hall–Kier alpha value is -2.27. The zero-order valence-electron chi connectivity index (χ0n) is 21.9. The number of carbonyl (C=O) groups excluding carboxylic acids is 2. The Morgan fingerprint density at radius 3 is 1.34 bits per heavy atom. The standard InChI is InChI=1S/C30H42O4S/c1-5-7-9-11-27(25-13-17-29(18-14-25)33-23(3)31)21-35-22-28(12-10-8-6-2)26-15-19-30(20-16-26)34-24(4)32/h13-20,27-28H,5-12,21-22H2,1-4H3. The van der Waals surface area contributed by atoms with Crippen molar-refractivity contribution in [1.29, 1.82) is 0 Å². The maximum atomic E-state index is 11.2. The van der Waals surface area contributed by atoms with Crippen molar-refractivity contribution >= 4 is 23.7 Å². The number of carbonyl (C=O) groups is 2. The molecule has 2 unspecified atom stereocenters. The Labute approximate surface area is 216 Å². The maximum absolute atomic E-state index is 11.2. The van der Waals surface area contributed by atoms with Gasteiger partial charge in [0.1, 0.15) is 11.5 Å². The Morgan fingerprint density at radius 2 is 1.03 bits per heavy atom. The van der Waals surface area contributed by atoms with E-state index in [2.05, 4.69) is 38.1 Å². The molecule has 0 saturated carbocycles. The number of ether oxygens (including phenoxy) is 2. The molecule has 2 aromatic rings. The highest BCUT2D eigenvalue weighted by Crippen LogP contribution is 2.33. The van der Waals surface area contributed by atoms with E-state index in [1.807, 2.05) is 36.0 Å². The van der Waals surface area contributed by atoms with Gasteiger partial charge in [0.2, 0.25) is 0 Å². The number of benzene rings is 2. The van der Waals surface area contributed by atoms with Crippen molar-refractivity contribution in [3.05, 3.63) is 59.7 Å². The highest BCUT2D eigenvalue weighted by molar-refractivity contribution is 7.99. The topological polar surface area (TPSA) is 52.6 Å². The average Bonchev–Trinajstić information content (AvgIpc) is 2.83. The van der Waals surface area contributed by atoms with Crippen LogP contribution in [0, 0.1) is 0 Å². The number of hydrogen-bond acceptors (Lipinski definition) is 5. The molecular formula is C30H42O4S.